The van der Waals surface area contributed by atoms with Crippen LogP contribution in [-0.2, 0) is 20.7 Å². The number of aromatic nitrogens is 2. The van der Waals surface area contributed by atoms with Gasteiger partial charge in [0.05, 0.1) is 11.1 Å². The van der Waals surface area contributed by atoms with Crippen LogP contribution in [0.5, 0.6) is 0 Å². The van der Waals surface area contributed by atoms with Crippen LogP contribution in [0, 0.1) is 18.8 Å². The Balaban J connectivity index is 1.26. The molecule has 5 rings (SSSR count). The first kappa shape index (κ1) is 35.4. The van der Waals surface area contributed by atoms with Crippen molar-refractivity contribution in [2.45, 2.75) is 71.4 Å². The second kappa shape index (κ2) is 15.1. The molecule has 3 aromatic carbocycles. The number of nitrogens with zero attached hydrogens (tertiary/aromatic N) is 1. The third-order valence-corrected chi connectivity index (χ3v) is 9.03. The van der Waals surface area contributed by atoms with Crippen LogP contribution < -0.4 is 16.0 Å². The summed E-state index contributed by atoms with van der Waals surface area (Å²) in [7, 11) is 0. The first-order valence-corrected chi connectivity index (χ1v) is 16.8. The second-order valence-corrected chi connectivity index (χ2v) is 14.0. The SMILES string of the molecule is Cc1cc(C(=O)O)ccc1-c1ccc(CC(NC(=O)[C@H]2CC[C@H](CNC(=O)OC(C)(C)C)CC2)C(=O)Nc2ccc3c(Cl)n[nH]c3c2)cc1. The molecule has 49 heavy (non-hydrogen) atoms. The minimum Gasteiger partial charge on any atom is -0.478 e. The summed E-state index contributed by atoms with van der Waals surface area (Å²) in [6.07, 6.45) is 2.63. The highest BCUT2D eigenvalue weighted by atomic mass is 35.5. The van der Waals surface area contributed by atoms with Crippen molar-refractivity contribution >= 4 is 52.1 Å². The van der Waals surface area contributed by atoms with Crippen molar-refractivity contribution in [3.05, 3.63) is 82.5 Å². The zero-order valence-electron chi connectivity index (χ0n) is 28.1. The number of carboxylic acids is 1. The van der Waals surface area contributed by atoms with Crippen LogP contribution in [0.2, 0.25) is 5.15 Å². The van der Waals surface area contributed by atoms with Gasteiger partial charge in [0.2, 0.25) is 11.8 Å². The van der Waals surface area contributed by atoms with Crippen LogP contribution in [0.4, 0.5) is 10.5 Å². The zero-order valence-corrected chi connectivity index (χ0v) is 28.8. The van der Waals surface area contributed by atoms with Gasteiger partial charge in [0.1, 0.15) is 11.6 Å². The van der Waals surface area contributed by atoms with Gasteiger partial charge in [0.15, 0.2) is 5.15 Å². The van der Waals surface area contributed by atoms with Gasteiger partial charge in [-0.05, 0) is 112 Å². The van der Waals surface area contributed by atoms with Gasteiger partial charge >= 0.3 is 12.1 Å². The number of carbonyl (C=O) groups is 4. The molecule has 1 aliphatic rings. The van der Waals surface area contributed by atoms with E-state index in [0.717, 1.165) is 40.5 Å². The van der Waals surface area contributed by atoms with E-state index in [1.54, 1.807) is 36.4 Å². The molecule has 1 fully saturated rings. The Morgan fingerprint density at radius 3 is 2.37 bits per heavy atom. The molecule has 1 aromatic heterocycles. The van der Waals surface area contributed by atoms with E-state index in [9.17, 15) is 24.3 Å². The van der Waals surface area contributed by atoms with Gasteiger partial charge in [-0.1, -0.05) is 41.9 Å². The van der Waals surface area contributed by atoms with E-state index in [2.05, 4.69) is 26.1 Å². The number of aryl methyl sites for hydroxylation is 1. The molecule has 0 radical (unpaired) electrons. The lowest BCUT2D eigenvalue weighted by atomic mass is 9.81. The summed E-state index contributed by atoms with van der Waals surface area (Å²) in [5.41, 5.74) is 4.36. The highest BCUT2D eigenvalue weighted by Gasteiger charge is 2.30. The van der Waals surface area contributed by atoms with Crippen molar-refractivity contribution in [1.29, 1.82) is 0 Å². The number of carbonyl (C=O) groups excluding carboxylic acids is 3. The zero-order chi connectivity index (χ0) is 35.3. The van der Waals surface area contributed by atoms with Gasteiger partial charge in [0, 0.05) is 30.0 Å². The van der Waals surface area contributed by atoms with E-state index in [4.69, 9.17) is 16.3 Å². The number of rotatable bonds is 10. The number of aromatic amines is 1. The highest BCUT2D eigenvalue weighted by Crippen LogP contribution is 2.30. The molecule has 0 aliphatic heterocycles. The first-order chi connectivity index (χ1) is 23.3. The topological polar surface area (TPSA) is 163 Å². The maximum Gasteiger partial charge on any atom is 0.407 e. The van der Waals surface area contributed by atoms with Crippen LogP contribution in [0.3, 0.4) is 0 Å². The monoisotopic (exact) mass is 687 g/mol. The smallest absolute Gasteiger partial charge is 0.407 e. The number of fused-ring (bicyclic) bond motifs is 1. The number of carboxylic acid groups (broad SMARTS) is 1. The molecule has 11 nitrogen and oxygen atoms in total. The third kappa shape index (κ3) is 9.38. The van der Waals surface area contributed by atoms with Gasteiger partial charge in [-0.3, -0.25) is 14.7 Å². The Labute approximate surface area is 290 Å². The van der Waals surface area contributed by atoms with Crippen molar-refractivity contribution in [2.24, 2.45) is 11.8 Å². The number of amides is 3. The first-order valence-electron chi connectivity index (χ1n) is 16.4. The summed E-state index contributed by atoms with van der Waals surface area (Å²) in [4.78, 5) is 50.7. The Morgan fingerprint density at radius 1 is 1.00 bits per heavy atom. The molecule has 1 saturated carbocycles. The molecule has 0 bridgehead atoms. The van der Waals surface area contributed by atoms with E-state index in [1.165, 1.54) is 0 Å². The van der Waals surface area contributed by atoms with Gasteiger partial charge in [-0.15, -0.1) is 0 Å². The van der Waals surface area contributed by atoms with E-state index < -0.39 is 23.7 Å². The number of ether oxygens (including phenoxy) is 1. The summed E-state index contributed by atoms with van der Waals surface area (Å²) in [5.74, 6) is -1.54. The van der Waals surface area contributed by atoms with Crippen molar-refractivity contribution in [2.75, 3.05) is 11.9 Å². The number of H-pyrrole nitrogens is 1. The van der Waals surface area contributed by atoms with Gasteiger partial charge < -0.3 is 25.8 Å². The van der Waals surface area contributed by atoms with E-state index in [0.29, 0.717) is 35.7 Å². The number of nitrogens with one attached hydrogen (secondary N) is 4. The Kier molecular flexibility index (Phi) is 10.9. The summed E-state index contributed by atoms with van der Waals surface area (Å²) in [6.45, 7) is 7.80. The van der Waals surface area contributed by atoms with Gasteiger partial charge in [0.25, 0.3) is 0 Å². The summed E-state index contributed by atoms with van der Waals surface area (Å²) in [5, 5.41) is 26.0. The van der Waals surface area contributed by atoms with Gasteiger partial charge in [-0.2, -0.15) is 5.10 Å². The maximum atomic E-state index is 13.7. The molecule has 258 valence electrons. The number of hydrogen-bond acceptors (Lipinski definition) is 6. The third-order valence-electron chi connectivity index (χ3n) is 8.75. The van der Waals surface area contributed by atoms with Crippen molar-refractivity contribution in [3.8, 4) is 11.1 Å². The largest absolute Gasteiger partial charge is 0.478 e. The fraction of sp³-hybridized carbons (Fsp3) is 0.378. The summed E-state index contributed by atoms with van der Waals surface area (Å²) < 4.78 is 5.33. The van der Waals surface area contributed by atoms with Crippen molar-refractivity contribution in [1.82, 2.24) is 20.8 Å². The number of alkyl carbamates (subject to hydrolysis) is 1. The van der Waals surface area contributed by atoms with Crippen molar-refractivity contribution < 1.29 is 29.0 Å². The molecule has 1 heterocycles. The number of halogens is 1. The van der Waals surface area contributed by atoms with Crippen LogP contribution in [0.15, 0.2) is 60.7 Å². The summed E-state index contributed by atoms with van der Waals surface area (Å²) in [6, 6.07) is 17.1. The summed E-state index contributed by atoms with van der Waals surface area (Å²) >= 11 is 6.12. The number of anilines is 1. The molecule has 3 amide bonds. The average molecular weight is 688 g/mol. The highest BCUT2D eigenvalue weighted by molar-refractivity contribution is 6.34. The number of benzene rings is 3. The number of aromatic carboxylic acids is 1. The lowest BCUT2D eigenvalue weighted by Crippen LogP contribution is -2.48. The molecule has 1 atom stereocenters. The van der Waals surface area contributed by atoms with Crippen LogP contribution in [0.1, 0.15) is 67.9 Å². The lowest BCUT2D eigenvalue weighted by molar-refractivity contribution is -0.130. The number of hydrogen-bond donors (Lipinski definition) is 5. The van der Waals surface area contributed by atoms with Crippen molar-refractivity contribution in [3.63, 3.8) is 0 Å². The molecule has 4 aromatic rings. The maximum absolute atomic E-state index is 13.7. The van der Waals surface area contributed by atoms with E-state index in [-0.39, 0.29) is 35.6 Å². The Bertz CT molecular complexity index is 1840. The second-order valence-electron chi connectivity index (χ2n) is 13.7. The van der Waals surface area contributed by atoms with E-state index in [1.807, 2.05) is 52.0 Å². The molecule has 0 saturated heterocycles. The molecule has 1 aliphatic carbocycles. The fourth-order valence-corrected chi connectivity index (χ4v) is 6.35. The average Bonchev–Trinajstić information content (AvgIpc) is 3.42. The Hall–Kier alpha value is -4.90. The quantitative estimate of drug-likeness (QED) is 0.121. The molecular formula is C37H42ClN5O6. The van der Waals surface area contributed by atoms with Gasteiger partial charge in [-0.25, -0.2) is 9.59 Å². The van der Waals surface area contributed by atoms with Crippen LogP contribution in [-0.4, -0.2) is 57.4 Å². The lowest BCUT2D eigenvalue weighted by Gasteiger charge is -2.29. The van der Waals surface area contributed by atoms with Crippen LogP contribution >= 0.6 is 11.6 Å². The molecule has 5 N–H and O–H groups in total. The standard InChI is InChI=1S/C37H42ClN5O6/c1-21-17-26(35(46)47)13-15-28(21)24-9-5-22(6-10-24)18-31(34(45)40-27-14-16-29-30(19-27)42-43-32(29)38)41-33(44)25-11-7-23(8-12-25)20-39-36(48)49-37(2,3)4/h5-6,9-10,13-17,19,23,25,31H,7-8,11-12,18,20H2,1-4H3,(H,39,48)(H,40,45)(H,41,44)(H,42,43)(H,46,47)/t23-,25-,31?. The normalized spacial score (nSPS) is 16.8. The Morgan fingerprint density at radius 2 is 1.71 bits per heavy atom. The fourth-order valence-electron chi connectivity index (χ4n) is 6.14. The molecule has 1 unspecified atom stereocenters. The molecule has 0 spiro atoms. The minimum atomic E-state index is -0.979. The van der Waals surface area contributed by atoms with Crippen LogP contribution in [0.25, 0.3) is 22.0 Å². The molecular weight excluding hydrogens is 646 g/mol. The predicted molar refractivity (Wildman–Crippen MR) is 189 cm³/mol. The molecule has 12 heteroatoms. The van der Waals surface area contributed by atoms with E-state index >= 15 is 0 Å². The predicted octanol–water partition coefficient (Wildman–Crippen LogP) is 6.89. The minimum absolute atomic E-state index is 0.180.